The molecule has 31 heavy (non-hydrogen) atoms. The number of aldehydes is 1. The van der Waals surface area contributed by atoms with E-state index in [1.807, 2.05) is 0 Å². The van der Waals surface area contributed by atoms with Gasteiger partial charge < -0.3 is 30.3 Å². The van der Waals surface area contributed by atoms with Gasteiger partial charge in [0.05, 0.1) is 17.3 Å². The fraction of sp³-hybridized carbons (Fsp3) is 0.545. The van der Waals surface area contributed by atoms with Crippen LogP contribution in [-0.2, 0) is 4.79 Å². The number of rotatable bonds is 9. The minimum absolute atomic E-state index is 0.149. The Bertz CT molecular complexity index is 824. The molecule has 3 rings (SSSR count). The molecular formula is C22H29IN2O6. The van der Waals surface area contributed by atoms with Crippen LogP contribution in [0.15, 0.2) is 23.8 Å². The quantitative estimate of drug-likeness (QED) is 0.276. The molecule has 0 heterocycles. The van der Waals surface area contributed by atoms with Crippen molar-refractivity contribution < 1.29 is 29.3 Å². The number of methoxy groups -OCH3 is 1. The first-order valence-corrected chi connectivity index (χ1v) is 11.6. The van der Waals surface area contributed by atoms with E-state index in [1.54, 1.807) is 18.2 Å². The zero-order chi connectivity index (χ0) is 22.4. The largest absolute Gasteiger partial charge is 0.493 e. The number of aliphatic hydroxyl groups is 2. The molecule has 2 aliphatic rings. The summed E-state index contributed by atoms with van der Waals surface area (Å²) < 4.78 is 12.2. The smallest absolute Gasteiger partial charge is 0.247 e. The van der Waals surface area contributed by atoms with Crippen molar-refractivity contribution in [2.24, 2.45) is 0 Å². The van der Waals surface area contributed by atoms with E-state index in [-0.39, 0.29) is 25.1 Å². The van der Waals surface area contributed by atoms with Crippen LogP contribution in [0.1, 0.15) is 42.5 Å². The number of nitrogens with one attached hydrogen (secondary N) is 2. The van der Waals surface area contributed by atoms with Crippen molar-refractivity contribution in [1.82, 2.24) is 10.6 Å². The van der Waals surface area contributed by atoms with E-state index in [9.17, 15) is 14.7 Å². The second kappa shape index (κ2) is 11.3. The summed E-state index contributed by atoms with van der Waals surface area (Å²) in [5.74, 6) is 0.503. The number of amides is 1. The van der Waals surface area contributed by atoms with Crippen LogP contribution < -0.4 is 20.1 Å². The Morgan fingerprint density at radius 2 is 2.06 bits per heavy atom. The predicted molar refractivity (Wildman–Crippen MR) is 123 cm³/mol. The summed E-state index contributed by atoms with van der Waals surface area (Å²) in [6.07, 6.45) is 5.47. The minimum Gasteiger partial charge on any atom is -0.493 e. The van der Waals surface area contributed by atoms with Gasteiger partial charge in [-0.1, -0.05) is 12.8 Å². The third kappa shape index (κ3) is 5.97. The van der Waals surface area contributed by atoms with E-state index in [2.05, 4.69) is 33.2 Å². The lowest BCUT2D eigenvalue weighted by molar-refractivity contribution is -0.118. The van der Waals surface area contributed by atoms with E-state index in [1.165, 1.54) is 7.11 Å². The summed E-state index contributed by atoms with van der Waals surface area (Å²) in [7, 11) is 1.48. The maximum Gasteiger partial charge on any atom is 0.247 e. The topological polar surface area (TPSA) is 117 Å². The number of ether oxygens (including phenoxy) is 2. The highest BCUT2D eigenvalue weighted by Gasteiger charge is 2.37. The monoisotopic (exact) mass is 544 g/mol. The van der Waals surface area contributed by atoms with Crippen LogP contribution in [0.25, 0.3) is 0 Å². The second-order valence-corrected chi connectivity index (χ2v) is 9.02. The molecule has 0 radical (unpaired) electrons. The molecule has 0 saturated heterocycles. The fourth-order valence-corrected chi connectivity index (χ4v) is 4.87. The first-order valence-electron chi connectivity index (χ1n) is 10.5. The molecule has 1 saturated carbocycles. The van der Waals surface area contributed by atoms with Crippen molar-refractivity contribution in [1.29, 1.82) is 0 Å². The molecular weight excluding hydrogens is 515 g/mol. The molecule has 170 valence electrons. The van der Waals surface area contributed by atoms with Crippen LogP contribution in [0, 0.1) is 3.57 Å². The van der Waals surface area contributed by atoms with Crippen molar-refractivity contribution >= 4 is 34.8 Å². The van der Waals surface area contributed by atoms with Gasteiger partial charge in [0.1, 0.15) is 18.5 Å². The van der Waals surface area contributed by atoms with E-state index >= 15 is 0 Å². The van der Waals surface area contributed by atoms with Gasteiger partial charge in [-0.25, -0.2) is 0 Å². The molecule has 3 atom stereocenters. The summed E-state index contributed by atoms with van der Waals surface area (Å²) in [6.45, 7) is 0.00759. The van der Waals surface area contributed by atoms with Crippen LogP contribution in [0.4, 0.5) is 0 Å². The Morgan fingerprint density at radius 1 is 1.32 bits per heavy atom. The Kier molecular flexibility index (Phi) is 8.70. The average molecular weight is 544 g/mol. The molecule has 9 heteroatoms. The molecule has 1 amide bonds. The molecule has 4 N–H and O–H groups in total. The Balaban J connectivity index is 1.88. The lowest BCUT2D eigenvalue weighted by Gasteiger charge is -2.36. The zero-order valence-electron chi connectivity index (χ0n) is 17.5. The summed E-state index contributed by atoms with van der Waals surface area (Å²) >= 11 is 2.06. The number of halogens is 1. The van der Waals surface area contributed by atoms with E-state index < -0.39 is 12.2 Å². The average Bonchev–Trinajstić information content (AvgIpc) is 3.28. The molecule has 1 aromatic carbocycles. The Labute approximate surface area is 195 Å². The molecule has 8 nitrogen and oxygen atoms in total. The first-order chi connectivity index (χ1) is 15.0. The van der Waals surface area contributed by atoms with Crippen molar-refractivity contribution in [3.63, 3.8) is 0 Å². The van der Waals surface area contributed by atoms with E-state index in [0.717, 1.165) is 32.0 Å². The van der Waals surface area contributed by atoms with Crippen LogP contribution in [0.2, 0.25) is 0 Å². The molecule has 2 aliphatic carbocycles. The van der Waals surface area contributed by atoms with Gasteiger partial charge in [0, 0.05) is 29.8 Å². The van der Waals surface area contributed by atoms with Gasteiger partial charge in [-0.3, -0.25) is 9.59 Å². The molecule has 1 fully saturated rings. The van der Waals surface area contributed by atoms with Gasteiger partial charge in [0.2, 0.25) is 5.91 Å². The van der Waals surface area contributed by atoms with Crippen LogP contribution in [0.3, 0.4) is 0 Å². The predicted octanol–water partition coefficient (Wildman–Crippen LogP) is 1.56. The highest BCUT2D eigenvalue weighted by atomic mass is 127. The van der Waals surface area contributed by atoms with Gasteiger partial charge in [-0.15, -0.1) is 0 Å². The molecule has 0 aromatic heterocycles. The van der Waals surface area contributed by atoms with Crippen molar-refractivity contribution in [3.05, 3.63) is 32.9 Å². The summed E-state index contributed by atoms with van der Waals surface area (Å²) in [5, 5.41) is 26.3. The van der Waals surface area contributed by atoms with Crippen LogP contribution >= 0.6 is 22.6 Å². The van der Waals surface area contributed by atoms with Crippen LogP contribution in [-0.4, -0.2) is 67.0 Å². The Morgan fingerprint density at radius 3 is 2.71 bits per heavy atom. The normalized spacial score (nSPS) is 23.9. The molecule has 0 aliphatic heterocycles. The number of aliphatic hydroxyl groups excluding tert-OH is 2. The van der Waals surface area contributed by atoms with Gasteiger partial charge in [0.25, 0.3) is 0 Å². The van der Waals surface area contributed by atoms with E-state index in [4.69, 9.17) is 14.6 Å². The van der Waals surface area contributed by atoms with Gasteiger partial charge >= 0.3 is 0 Å². The lowest BCUT2D eigenvalue weighted by Crippen LogP contribution is -2.53. The number of carbonyl (C=O) groups excluding carboxylic acids is 2. The maximum atomic E-state index is 12.6. The van der Waals surface area contributed by atoms with Crippen molar-refractivity contribution in [2.75, 3.05) is 20.3 Å². The fourth-order valence-electron chi connectivity index (χ4n) is 4.12. The minimum atomic E-state index is -0.874. The highest BCUT2D eigenvalue weighted by Crippen LogP contribution is 2.36. The zero-order valence-corrected chi connectivity index (χ0v) is 19.6. The van der Waals surface area contributed by atoms with Crippen molar-refractivity contribution in [3.8, 4) is 11.5 Å². The third-order valence-electron chi connectivity index (χ3n) is 5.69. The lowest BCUT2D eigenvalue weighted by atomic mass is 9.88. The van der Waals surface area contributed by atoms with Crippen LogP contribution in [0.5, 0.6) is 11.5 Å². The number of benzene rings is 1. The summed E-state index contributed by atoms with van der Waals surface area (Å²) in [6, 6.07) is 3.22. The summed E-state index contributed by atoms with van der Waals surface area (Å²) in [4.78, 5) is 23.8. The second-order valence-electron chi connectivity index (χ2n) is 7.86. The molecule has 0 bridgehead atoms. The van der Waals surface area contributed by atoms with Gasteiger partial charge in [0.15, 0.2) is 11.5 Å². The number of hydrogen-bond donors (Lipinski definition) is 4. The molecule has 0 unspecified atom stereocenters. The molecule has 1 aromatic rings. The van der Waals surface area contributed by atoms with Gasteiger partial charge in [-0.2, -0.15) is 0 Å². The standard InChI is InChI=1S/C22H29IN2O6/c1-30-19-9-13(12-27)8-16(23)21(19)31-18-11-14(22(29)24-6-7-26)10-17(20(18)28)25-15-4-2-3-5-15/h8-9,11-12,15,17-18,20,25-26,28H,2-7,10H2,1H3,(H,24,29)/t17-,18+,20+/m1/s1. The third-order valence-corrected chi connectivity index (χ3v) is 6.49. The maximum absolute atomic E-state index is 12.6. The number of hydrogen-bond acceptors (Lipinski definition) is 7. The number of carbonyl (C=O) groups is 2. The van der Waals surface area contributed by atoms with E-state index in [0.29, 0.717) is 38.7 Å². The highest BCUT2D eigenvalue weighted by molar-refractivity contribution is 14.1. The SMILES string of the molecule is COc1cc(C=O)cc(I)c1O[C@H]1C=C(C(=O)NCCO)C[C@@H](NC2CCCC2)[C@@H]1O. The summed E-state index contributed by atoms with van der Waals surface area (Å²) in [5.41, 5.74) is 0.955. The molecule has 0 spiro atoms. The Hall–Kier alpha value is -1.69. The first kappa shape index (κ1) is 24.0. The van der Waals surface area contributed by atoms with Gasteiger partial charge in [-0.05, 0) is 60.1 Å². The van der Waals surface area contributed by atoms with Crippen molar-refractivity contribution in [2.45, 2.75) is 56.4 Å².